The van der Waals surface area contributed by atoms with Gasteiger partial charge in [-0.1, -0.05) is 37.3 Å². The third-order valence-corrected chi connectivity index (χ3v) is 6.02. The van der Waals surface area contributed by atoms with Crippen LogP contribution in [0.1, 0.15) is 65.4 Å². The van der Waals surface area contributed by atoms with E-state index < -0.39 is 0 Å². The van der Waals surface area contributed by atoms with Crippen molar-refractivity contribution in [3.8, 4) is 0 Å². The quantitative estimate of drug-likeness (QED) is 0.732. The zero-order valence-electron chi connectivity index (χ0n) is 15.3. The van der Waals surface area contributed by atoms with Gasteiger partial charge in [0, 0.05) is 4.88 Å². The van der Waals surface area contributed by atoms with E-state index in [9.17, 15) is 9.59 Å². The van der Waals surface area contributed by atoms with Crippen molar-refractivity contribution in [3.63, 3.8) is 0 Å². The van der Waals surface area contributed by atoms with E-state index in [4.69, 9.17) is 4.74 Å². The highest BCUT2D eigenvalue weighted by Crippen LogP contribution is 2.39. The molecule has 3 rings (SSSR count). The Bertz CT molecular complexity index is 782. The molecule has 0 bridgehead atoms. The fourth-order valence-electron chi connectivity index (χ4n) is 3.53. The van der Waals surface area contributed by atoms with Crippen LogP contribution in [0.25, 0.3) is 0 Å². The zero-order valence-corrected chi connectivity index (χ0v) is 16.2. The van der Waals surface area contributed by atoms with E-state index in [1.807, 2.05) is 37.3 Å². The van der Waals surface area contributed by atoms with Crippen molar-refractivity contribution in [1.82, 2.24) is 0 Å². The van der Waals surface area contributed by atoms with Crippen LogP contribution >= 0.6 is 11.3 Å². The molecule has 0 aliphatic heterocycles. The van der Waals surface area contributed by atoms with Crippen LogP contribution in [0.3, 0.4) is 0 Å². The van der Waals surface area contributed by atoms with Gasteiger partial charge < -0.3 is 10.1 Å². The molecule has 1 aromatic carbocycles. The van der Waals surface area contributed by atoms with Gasteiger partial charge in [0.15, 0.2) is 0 Å². The second-order valence-corrected chi connectivity index (χ2v) is 7.60. The number of ether oxygens (including phenoxy) is 1. The maximum atomic E-state index is 12.9. The molecule has 0 spiro atoms. The number of rotatable bonds is 6. The molecule has 0 saturated carbocycles. The highest BCUT2D eigenvalue weighted by molar-refractivity contribution is 7.17. The summed E-state index contributed by atoms with van der Waals surface area (Å²) >= 11 is 1.53. The lowest BCUT2D eigenvalue weighted by Gasteiger charge is -2.16. The van der Waals surface area contributed by atoms with Gasteiger partial charge in [0.1, 0.15) is 5.00 Å². The molecule has 1 atom stereocenters. The fraction of sp³-hybridized carbons (Fsp3) is 0.429. The van der Waals surface area contributed by atoms with Crippen molar-refractivity contribution in [2.24, 2.45) is 0 Å². The minimum absolute atomic E-state index is 0.0668. The molecule has 1 heterocycles. The molecule has 1 aromatic heterocycles. The zero-order chi connectivity index (χ0) is 18.5. The maximum Gasteiger partial charge on any atom is 0.341 e. The van der Waals surface area contributed by atoms with E-state index in [0.717, 1.165) is 36.8 Å². The molecule has 0 fully saturated rings. The molecule has 0 saturated heterocycles. The van der Waals surface area contributed by atoms with Crippen LogP contribution in [0.15, 0.2) is 30.3 Å². The second kappa shape index (κ2) is 8.49. The summed E-state index contributed by atoms with van der Waals surface area (Å²) < 4.78 is 5.26. The maximum absolute atomic E-state index is 12.9. The first-order valence-corrected chi connectivity index (χ1v) is 10.1. The van der Waals surface area contributed by atoms with E-state index in [0.29, 0.717) is 23.6 Å². The molecule has 4 nitrogen and oxygen atoms in total. The number of hydrogen-bond donors (Lipinski definition) is 1. The number of fused-ring (bicyclic) bond motifs is 1. The van der Waals surface area contributed by atoms with Gasteiger partial charge in [-0.15, -0.1) is 11.3 Å². The summed E-state index contributed by atoms with van der Waals surface area (Å²) in [6, 6.07) is 9.78. The summed E-state index contributed by atoms with van der Waals surface area (Å²) in [6.45, 7) is 4.14. The predicted octanol–water partition coefficient (Wildman–Crippen LogP) is 4.94. The number of carbonyl (C=O) groups excluding carboxylic acids is 2. The number of hydrogen-bond acceptors (Lipinski definition) is 4. The van der Waals surface area contributed by atoms with Gasteiger partial charge in [-0.25, -0.2) is 4.79 Å². The highest BCUT2D eigenvalue weighted by atomic mass is 32.1. The lowest BCUT2D eigenvalue weighted by Crippen LogP contribution is -2.21. The Morgan fingerprint density at radius 2 is 1.88 bits per heavy atom. The number of esters is 1. The van der Waals surface area contributed by atoms with Crippen LogP contribution < -0.4 is 5.32 Å². The number of nitrogens with one attached hydrogen (secondary N) is 1. The number of thiophene rings is 1. The first-order valence-electron chi connectivity index (χ1n) is 9.33. The average Bonchev–Trinajstić information content (AvgIpc) is 3.01. The summed E-state index contributed by atoms with van der Waals surface area (Å²) in [7, 11) is 0. The molecule has 1 N–H and O–H groups in total. The van der Waals surface area contributed by atoms with Crippen molar-refractivity contribution in [3.05, 3.63) is 51.9 Å². The van der Waals surface area contributed by atoms with E-state index >= 15 is 0 Å². The van der Waals surface area contributed by atoms with Gasteiger partial charge >= 0.3 is 5.97 Å². The fourth-order valence-corrected chi connectivity index (χ4v) is 4.81. The lowest BCUT2D eigenvalue weighted by molar-refractivity contribution is -0.117. The molecule has 26 heavy (non-hydrogen) atoms. The van der Waals surface area contributed by atoms with Crippen LogP contribution in [-0.2, 0) is 22.4 Å². The van der Waals surface area contributed by atoms with Gasteiger partial charge in [-0.05, 0) is 50.2 Å². The number of benzene rings is 1. The number of anilines is 1. The first-order chi connectivity index (χ1) is 12.7. The van der Waals surface area contributed by atoms with Crippen LogP contribution in [-0.4, -0.2) is 18.5 Å². The van der Waals surface area contributed by atoms with Crippen molar-refractivity contribution in [1.29, 1.82) is 0 Å². The summed E-state index contributed by atoms with van der Waals surface area (Å²) in [6.07, 6.45) is 4.76. The molecule has 1 aliphatic rings. The molecule has 0 radical (unpaired) electrons. The van der Waals surface area contributed by atoms with E-state index in [2.05, 4.69) is 5.32 Å². The molecule has 1 amide bonds. The summed E-state index contributed by atoms with van der Waals surface area (Å²) in [4.78, 5) is 26.7. The van der Waals surface area contributed by atoms with Crippen molar-refractivity contribution in [2.45, 2.75) is 51.9 Å². The minimum Gasteiger partial charge on any atom is -0.462 e. The number of aryl methyl sites for hydroxylation is 1. The summed E-state index contributed by atoms with van der Waals surface area (Å²) in [5, 5.41) is 3.68. The van der Waals surface area contributed by atoms with E-state index in [-0.39, 0.29) is 17.8 Å². The van der Waals surface area contributed by atoms with Crippen LogP contribution in [0.5, 0.6) is 0 Å². The first kappa shape index (κ1) is 18.6. The van der Waals surface area contributed by atoms with Crippen molar-refractivity contribution >= 4 is 28.2 Å². The Morgan fingerprint density at radius 1 is 1.15 bits per heavy atom. The largest absolute Gasteiger partial charge is 0.462 e. The third-order valence-electron chi connectivity index (χ3n) is 4.81. The lowest BCUT2D eigenvalue weighted by atomic mass is 9.94. The van der Waals surface area contributed by atoms with Gasteiger partial charge in [0.25, 0.3) is 0 Å². The standard InChI is InChI=1S/C21H25NO3S/c1-3-15(14-10-6-5-7-11-14)19(23)22-20-18(21(24)25-4-2)16-12-8-9-13-17(16)26-20/h5-7,10-11,15H,3-4,8-9,12-13H2,1-2H3,(H,22,23)/t15-/m0/s1. The molecular formula is C21H25NO3S. The van der Waals surface area contributed by atoms with Gasteiger partial charge in [-0.3, -0.25) is 4.79 Å². The average molecular weight is 372 g/mol. The second-order valence-electron chi connectivity index (χ2n) is 6.50. The smallest absolute Gasteiger partial charge is 0.341 e. The Hall–Kier alpha value is -2.14. The van der Waals surface area contributed by atoms with Gasteiger partial charge in [0.05, 0.1) is 18.1 Å². The van der Waals surface area contributed by atoms with Crippen molar-refractivity contribution in [2.75, 3.05) is 11.9 Å². The van der Waals surface area contributed by atoms with Crippen LogP contribution in [0.4, 0.5) is 5.00 Å². The predicted molar refractivity (Wildman–Crippen MR) is 105 cm³/mol. The molecule has 0 unspecified atom stereocenters. The van der Waals surface area contributed by atoms with Crippen LogP contribution in [0, 0.1) is 0 Å². The molecular weight excluding hydrogens is 346 g/mol. The normalized spacial score (nSPS) is 14.4. The molecule has 1 aliphatic carbocycles. The third kappa shape index (κ3) is 3.83. The highest BCUT2D eigenvalue weighted by Gasteiger charge is 2.28. The SMILES string of the molecule is CCOC(=O)c1c(NC(=O)[C@@H](CC)c2ccccc2)sc2c1CCCC2. The number of amides is 1. The van der Waals surface area contributed by atoms with E-state index in [1.165, 1.54) is 16.2 Å². The molecule has 5 heteroatoms. The van der Waals surface area contributed by atoms with Gasteiger partial charge in [-0.2, -0.15) is 0 Å². The minimum atomic E-state index is -0.324. The van der Waals surface area contributed by atoms with Crippen molar-refractivity contribution < 1.29 is 14.3 Å². The molecule has 2 aromatic rings. The van der Waals surface area contributed by atoms with E-state index in [1.54, 1.807) is 6.92 Å². The Labute approximate surface area is 158 Å². The topological polar surface area (TPSA) is 55.4 Å². The van der Waals surface area contributed by atoms with Gasteiger partial charge in [0.2, 0.25) is 5.91 Å². The Balaban J connectivity index is 1.90. The Kier molecular flexibility index (Phi) is 6.09. The molecule has 138 valence electrons. The van der Waals surface area contributed by atoms with Crippen LogP contribution in [0.2, 0.25) is 0 Å². The monoisotopic (exact) mass is 371 g/mol. The summed E-state index contributed by atoms with van der Waals surface area (Å²) in [5.74, 6) is -0.622. The summed E-state index contributed by atoms with van der Waals surface area (Å²) in [5.41, 5.74) is 2.64. The Morgan fingerprint density at radius 3 is 2.58 bits per heavy atom. The number of carbonyl (C=O) groups is 2.